The SMILES string of the molecule is O=C(O)c1cnc(N2CCSCC2)nc1. The minimum absolute atomic E-state index is 0.130. The molecule has 0 unspecified atom stereocenters. The number of aromatic carboxylic acids is 1. The standard InChI is InChI=1S/C9H11N3O2S/c13-8(14)7-5-10-9(11-6-7)12-1-3-15-4-2-12/h5-6H,1-4H2,(H,13,14). The first-order valence-electron chi connectivity index (χ1n) is 4.65. The third kappa shape index (κ3) is 2.38. The molecule has 6 heteroatoms. The summed E-state index contributed by atoms with van der Waals surface area (Å²) in [5.74, 6) is 1.78. The molecule has 1 N–H and O–H groups in total. The van der Waals surface area contributed by atoms with E-state index < -0.39 is 5.97 Å². The molecule has 0 amide bonds. The van der Waals surface area contributed by atoms with Gasteiger partial charge in [-0.3, -0.25) is 0 Å². The maximum Gasteiger partial charge on any atom is 0.338 e. The number of rotatable bonds is 2. The number of aromatic nitrogens is 2. The van der Waals surface area contributed by atoms with Crippen LogP contribution in [0.5, 0.6) is 0 Å². The Morgan fingerprint density at radius 2 is 1.93 bits per heavy atom. The molecule has 80 valence electrons. The van der Waals surface area contributed by atoms with Crippen molar-refractivity contribution < 1.29 is 9.90 Å². The van der Waals surface area contributed by atoms with E-state index in [2.05, 4.69) is 14.9 Å². The van der Waals surface area contributed by atoms with E-state index in [1.165, 1.54) is 12.4 Å². The Bertz CT molecular complexity index is 349. The fourth-order valence-corrected chi connectivity index (χ4v) is 2.26. The van der Waals surface area contributed by atoms with Crippen molar-refractivity contribution in [2.75, 3.05) is 29.5 Å². The summed E-state index contributed by atoms with van der Waals surface area (Å²) in [6, 6.07) is 0. The zero-order valence-electron chi connectivity index (χ0n) is 8.09. The van der Waals surface area contributed by atoms with Gasteiger partial charge in [0.15, 0.2) is 0 Å². The van der Waals surface area contributed by atoms with Crippen LogP contribution in [-0.2, 0) is 0 Å². The third-order valence-corrected chi connectivity index (χ3v) is 3.12. The van der Waals surface area contributed by atoms with Crippen LogP contribution in [0.25, 0.3) is 0 Å². The normalized spacial score (nSPS) is 16.4. The van der Waals surface area contributed by atoms with Crippen molar-refractivity contribution >= 4 is 23.7 Å². The molecule has 1 aliphatic heterocycles. The van der Waals surface area contributed by atoms with Gasteiger partial charge in [0.1, 0.15) is 0 Å². The second-order valence-corrected chi connectivity index (χ2v) is 4.40. The fourth-order valence-electron chi connectivity index (χ4n) is 1.36. The maximum absolute atomic E-state index is 10.6. The van der Waals surface area contributed by atoms with Crippen LogP contribution in [-0.4, -0.2) is 45.6 Å². The molecule has 0 atom stereocenters. The van der Waals surface area contributed by atoms with Crippen molar-refractivity contribution in [3.63, 3.8) is 0 Å². The zero-order valence-corrected chi connectivity index (χ0v) is 8.90. The van der Waals surface area contributed by atoms with Crippen molar-refractivity contribution in [1.29, 1.82) is 0 Å². The number of carbonyl (C=O) groups is 1. The zero-order chi connectivity index (χ0) is 10.7. The summed E-state index contributed by atoms with van der Waals surface area (Å²) >= 11 is 1.91. The monoisotopic (exact) mass is 225 g/mol. The van der Waals surface area contributed by atoms with Crippen molar-refractivity contribution in [2.45, 2.75) is 0 Å². The van der Waals surface area contributed by atoms with E-state index in [1.54, 1.807) is 0 Å². The van der Waals surface area contributed by atoms with Gasteiger partial charge in [-0.2, -0.15) is 11.8 Å². The topological polar surface area (TPSA) is 66.3 Å². The number of hydrogen-bond acceptors (Lipinski definition) is 5. The van der Waals surface area contributed by atoms with Crippen molar-refractivity contribution in [2.24, 2.45) is 0 Å². The molecule has 0 spiro atoms. The van der Waals surface area contributed by atoms with Crippen LogP contribution >= 0.6 is 11.8 Å². The van der Waals surface area contributed by atoms with E-state index in [0.717, 1.165) is 24.6 Å². The quantitative estimate of drug-likeness (QED) is 0.800. The second kappa shape index (κ2) is 4.48. The molecule has 0 aromatic carbocycles. The first-order chi connectivity index (χ1) is 7.27. The minimum atomic E-state index is -0.990. The lowest BCUT2D eigenvalue weighted by atomic mass is 10.3. The predicted molar refractivity (Wildman–Crippen MR) is 58.5 cm³/mol. The number of nitrogens with zero attached hydrogens (tertiary/aromatic N) is 3. The second-order valence-electron chi connectivity index (χ2n) is 3.18. The number of carboxylic acid groups (broad SMARTS) is 1. The van der Waals surface area contributed by atoms with Crippen LogP contribution in [0, 0.1) is 0 Å². The lowest BCUT2D eigenvalue weighted by Crippen LogP contribution is -2.33. The summed E-state index contributed by atoms with van der Waals surface area (Å²) < 4.78 is 0. The lowest BCUT2D eigenvalue weighted by molar-refractivity contribution is 0.0696. The van der Waals surface area contributed by atoms with Gasteiger partial charge < -0.3 is 10.0 Å². The van der Waals surface area contributed by atoms with E-state index in [-0.39, 0.29) is 5.56 Å². The van der Waals surface area contributed by atoms with E-state index in [9.17, 15) is 4.79 Å². The molecule has 1 fully saturated rings. The van der Waals surface area contributed by atoms with E-state index in [0.29, 0.717) is 5.95 Å². The van der Waals surface area contributed by atoms with Crippen LogP contribution < -0.4 is 4.90 Å². The molecular weight excluding hydrogens is 214 g/mol. The molecule has 0 saturated carbocycles. The highest BCUT2D eigenvalue weighted by Gasteiger charge is 2.14. The predicted octanol–water partition coefficient (Wildman–Crippen LogP) is 0.728. The molecule has 0 bridgehead atoms. The largest absolute Gasteiger partial charge is 0.478 e. The Morgan fingerprint density at radius 1 is 1.33 bits per heavy atom. The van der Waals surface area contributed by atoms with E-state index in [1.807, 2.05) is 11.8 Å². The Balaban J connectivity index is 2.11. The number of carboxylic acids is 1. The first kappa shape index (κ1) is 10.2. The molecule has 5 nitrogen and oxygen atoms in total. The highest BCUT2D eigenvalue weighted by Crippen LogP contribution is 2.14. The van der Waals surface area contributed by atoms with Gasteiger partial charge in [0.25, 0.3) is 0 Å². The lowest BCUT2D eigenvalue weighted by Gasteiger charge is -2.25. The Kier molecular flexibility index (Phi) is 3.05. The van der Waals surface area contributed by atoms with Gasteiger partial charge in [0.2, 0.25) is 5.95 Å². The summed E-state index contributed by atoms with van der Waals surface area (Å²) in [4.78, 5) is 20.8. The Hall–Kier alpha value is -1.30. The van der Waals surface area contributed by atoms with Crippen molar-refractivity contribution in [1.82, 2.24) is 9.97 Å². The molecule has 2 rings (SSSR count). The Morgan fingerprint density at radius 3 is 2.47 bits per heavy atom. The molecule has 0 radical (unpaired) electrons. The number of anilines is 1. The molecule has 1 saturated heterocycles. The first-order valence-corrected chi connectivity index (χ1v) is 5.81. The molecule has 0 aliphatic carbocycles. The van der Waals surface area contributed by atoms with Crippen molar-refractivity contribution in [3.8, 4) is 0 Å². The van der Waals surface area contributed by atoms with Gasteiger partial charge in [-0.15, -0.1) is 0 Å². The molecule has 1 aromatic heterocycles. The van der Waals surface area contributed by atoms with Crippen LogP contribution in [0.1, 0.15) is 10.4 Å². The summed E-state index contributed by atoms with van der Waals surface area (Å²) in [5, 5.41) is 8.69. The van der Waals surface area contributed by atoms with E-state index in [4.69, 9.17) is 5.11 Å². The van der Waals surface area contributed by atoms with Crippen LogP contribution in [0.3, 0.4) is 0 Å². The smallest absolute Gasteiger partial charge is 0.338 e. The average molecular weight is 225 g/mol. The third-order valence-electron chi connectivity index (χ3n) is 2.18. The molecule has 2 heterocycles. The Labute approximate surface area is 91.5 Å². The van der Waals surface area contributed by atoms with Gasteiger partial charge in [-0.25, -0.2) is 14.8 Å². The number of thioether (sulfide) groups is 1. The minimum Gasteiger partial charge on any atom is -0.478 e. The molecule has 1 aromatic rings. The summed E-state index contributed by atoms with van der Waals surface area (Å²) in [5.41, 5.74) is 0.130. The van der Waals surface area contributed by atoms with Crippen LogP contribution in [0.2, 0.25) is 0 Å². The summed E-state index contributed by atoms with van der Waals surface area (Å²) in [6.07, 6.45) is 2.71. The van der Waals surface area contributed by atoms with E-state index >= 15 is 0 Å². The highest BCUT2D eigenvalue weighted by atomic mass is 32.2. The van der Waals surface area contributed by atoms with Gasteiger partial charge in [0, 0.05) is 37.0 Å². The van der Waals surface area contributed by atoms with Crippen LogP contribution in [0.4, 0.5) is 5.95 Å². The molecule has 15 heavy (non-hydrogen) atoms. The van der Waals surface area contributed by atoms with Gasteiger partial charge >= 0.3 is 5.97 Å². The average Bonchev–Trinajstić information content (AvgIpc) is 2.30. The van der Waals surface area contributed by atoms with Crippen LogP contribution in [0.15, 0.2) is 12.4 Å². The molecular formula is C9H11N3O2S. The van der Waals surface area contributed by atoms with Crippen molar-refractivity contribution in [3.05, 3.63) is 18.0 Å². The summed E-state index contributed by atoms with van der Waals surface area (Å²) in [6.45, 7) is 1.86. The highest BCUT2D eigenvalue weighted by molar-refractivity contribution is 7.99. The summed E-state index contributed by atoms with van der Waals surface area (Å²) in [7, 11) is 0. The van der Waals surface area contributed by atoms with Gasteiger partial charge in [-0.05, 0) is 0 Å². The maximum atomic E-state index is 10.6. The fraction of sp³-hybridized carbons (Fsp3) is 0.444. The number of hydrogen-bond donors (Lipinski definition) is 1. The molecule has 1 aliphatic rings. The van der Waals surface area contributed by atoms with Gasteiger partial charge in [-0.1, -0.05) is 0 Å². The van der Waals surface area contributed by atoms with Gasteiger partial charge in [0.05, 0.1) is 5.56 Å².